The lowest BCUT2D eigenvalue weighted by molar-refractivity contribution is -0.150. The van der Waals surface area contributed by atoms with Crippen LogP contribution in [-0.4, -0.2) is 19.4 Å². The Kier molecular flexibility index (Phi) is 6.21. The van der Waals surface area contributed by atoms with Crippen molar-refractivity contribution in [2.24, 2.45) is 5.41 Å². The summed E-state index contributed by atoms with van der Waals surface area (Å²) < 4.78 is 9.75. The van der Waals surface area contributed by atoms with Crippen LogP contribution >= 0.6 is 0 Å². The molecule has 0 unspecified atom stereocenters. The van der Waals surface area contributed by atoms with E-state index in [1.165, 1.54) is 0 Å². The van der Waals surface area contributed by atoms with E-state index in [0.717, 1.165) is 18.9 Å². The highest BCUT2D eigenvalue weighted by Crippen LogP contribution is 2.20. The van der Waals surface area contributed by atoms with Gasteiger partial charge in [-0.2, -0.15) is 0 Å². The zero-order valence-corrected chi connectivity index (χ0v) is 9.34. The van der Waals surface area contributed by atoms with Crippen LogP contribution in [-0.2, 0) is 14.3 Å². The lowest BCUT2D eigenvalue weighted by Crippen LogP contribution is -2.09. The van der Waals surface area contributed by atoms with Crippen molar-refractivity contribution in [1.29, 1.82) is 0 Å². The Morgan fingerprint density at radius 3 is 2.57 bits per heavy atom. The first-order chi connectivity index (χ1) is 6.45. The lowest BCUT2D eigenvalue weighted by Gasteiger charge is -2.17. The van der Waals surface area contributed by atoms with Crippen LogP contribution in [0.25, 0.3) is 0 Å². The van der Waals surface area contributed by atoms with E-state index in [0.29, 0.717) is 12.0 Å². The largest absolute Gasteiger partial charge is 0.435 e. The predicted molar refractivity (Wildman–Crippen MR) is 55.8 cm³/mol. The molecule has 0 spiro atoms. The van der Waals surface area contributed by atoms with Gasteiger partial charge in [0.2, 0.25) is 0 Å². The highest BCUT2D eigenvalue weighted by atomic mass is 16.7. The summed E-state index contributed by atoms with van der Waals surface area (Å²) in [6, 6.07) is 0. The topological polar surface area (TPSA) is 35.5 Å². The van der Waals surface area contributed by atoms with Gasteiger partial charge in [0.1, 0.15) is 0 Å². The quantitative estimate of drug-likeness (QED) is 0.286. The molecule has 0 amide bonds. The SMILES string of the molecule is C=CC(=O)OCOCCCC(C)(C)C. The molecule has 0 saturated heterocycles. The molecule has 0 bridgehead atoms. The molecule has 0 saturated carbocycles. The number of carbonyl (C=O) groups excluding carboxylic acids is 1. The predicted octanol–water partition coefficient (Wildman–Crippen LogP) is 2.52. The number of hydrogen-bond donors (Lipinski definition) is 0. The fraction of sp³-hybridized carbons (Fsp3) is 0.727. The average Bonchev–Trinajstić information content (AvgIpc) is 2.08. The molecule has 0 atom stereocenters. The molecule has 0 aromatic rings. The van der Waals surface area contributed by atoms with Crippen LogP contribution in [0.3, 0.4) is 0 Å². The Morgan fingerprint density at radius 1 is 1.43 bits per heavy atom. The molecule has 0 aliphatic rings. The molecule has 0 heterocycles. The van der Waals surface area contributed by atoms with Crippen LogP contribution in [0.5, 0.6) is 0 Å². The third-order valence-electron chi connectivity index (χ3n) is 1.67. The van der Waals surface area contributed by atoms with Gasteiger partial charge >= 0.3 is 5.97 Å². The minimum Gasteiger partial charge on any atom is -0.435 e. The second-order valence-corrected chi connectivity index (χ2v) is 4.36. The monoisotopic (exact) mass is 200 g/mol. The van der Waals surface area contributed by atoms with E-state index >= 15 is 0 Å². The zero-order valence-electron chi connectivity index (χ0n) is 9.34. The van der Waals surface area contributed by atoms with Crippen LogP contribution in [0.4, 0.5) is 0 Å². The maximum Gasteiger partial charge on any atom is 0.332 e. The van der Waals surface area contributed by atoms with Gasteiger partial charge in [0.05, 0.1) is 6.61 Å². The van der Waals surface area contributed by atoms with Gasteiger partial charge in [-0.1, -0.05) is 27.4 Å². The standard InChI is InChI=1S/C11H20O3/c1-5-10(12)14-9-13-8-6-7-11(2,3)4/h5H,1,6-9H2,2-4H3. The summed E-state index contributed by atoms with van der Waals surface area (Å²) in [6.45, 7) is 10.5. The van der Waals surface area contributed by atoms with Crippen molar-refractivity contribution >= 4 is 5.97 Å². The van der Waals surface area contributed by atoms with E-state index in [1.807, 2.05) is 0 Å². The number of esters is 1. The van der Waals surface area contributed by atoms with Gasteiger partial charge < -0.3 is 9.47 Å². The zero-order chi connectivity index (χ0) is 11.0. The second kappa shape index (κ2) is 6.60. The Bertz CT molecular complexity index is 179. The molecule has 0 N–H and O–H groups in total. The van der Waals surface area contributed by atoms with Crippen LogP contribution in [0.1, 0.15) is 33.6 Å². The van der Waals surface area contributed by atoms with Gasteiger partial charge in [-0.25, -0.2) is 4.79 Å². The molecule has 0 rings (SSSR count). The summed E-state index contributed by atoms with van der Waals surface area (Å²) in [5.41, 5.74) is 0.334. The first-order valence-electron chi connectivity index (χ1n) is 4.82. The first kappa shape index (κ1) is 13.2. The van der Waals surface area contributed by atoms with Crippen molar-refractivity contribution in [2.45, 2.75) is 33.6 Å². The second-order valence-electron chi connectivity index (χ2n) is 4.36. The van der Waals surface area contributed by atoms with Crippen LogP contribution in [0, 0.1) is 5.41 Å². The van der Waals surface area contributed by atoms with E-state index in [4.69, 9.17) is 4.74 Å². The van der Waals surface area contributed by atoms with Gasteiger partial charge in [-0.05, 0) is 18.3 Å². The summed E-state index contributed by atoms with van der Waals surface area (Å²) in [7, 11) is 0. The van der Waals surface area contributed by atoms with Gasteiger partial charge in [0.15, 0.2) is 6.79 Å². The molecule has 0 aliphatic carbocycles. The van der Waals surface area contributed by atoms with Crippen molar-refractivity contribution in [2.75, 3.05) is 13.4 Å². The fourth-order valence-electron chi connectivity index (χ4n) is 0.922. The third-order valence-corrected chi connectivity index (χ3v) is 1.67. The van der Waals surface area contributed by atoms with E-state index in [-0.39, 0.29) is 6.79 Å². The molecule has 0 aromatic heterocycles. The Morgan fingerprint density at radius 2 is 2.07 bits per heavy atom. The van der Waals surface area contributed by atoms with Gasteiger partial charge in [0.25, 0.3) is 0 Å². The van der Waals surface area contributed by atoms with Gasteiger partial charge in [-0.15, -0.1) is 0 Å². The molecule has 82 valence electrons. The number of ether oxygens (including phenoxy) is 2. The summed E-state index contributed by atoms with van der Waals surface area (Å²) in [4.78, 5) is 10.6. The summed E-state index contributed by atoms with van der Waals surface area (Å²) in [6.07, 6.45) is 3.20. The Labute approximate surface area is 86.1 Å². The molecular weight excluding hydrogens is 180 g/mol. The van der Waals surface area contributed by atoms with Gasteiger partial charge in [-0.3, -0.25) is 0 Å². The van der Waals surface area contributed by atoms with Crippen molar-refractivity contribution in [1.82, 2.24) is 0 Å². The molecule has 14 heavy (non-hydrogen) atoms. The number of hydrogen-bond acceptors (Lipinski definition) is 3. The van der Waals surface area contributed by atoms with Crippen molar-refractivity contribution in [3.05, 3.63) is 12.7 Å². The minimum atomic E-state index is -0.444. The molecule has 0 aliphatic heterocycles. The Hall–Kier alpha value is -0.830. The van der Waals surface area contributed by atoms with E-state index < -0.39 is 5.97 Å². The molecular formula is C11H20O3. The smallest absolute Gasteiger partial charge is 0.332 e. The number of carbonyl (C=O) groups is 1. The van der Waals surface area contributed by atoms with Crippen LogP contribution in [0.2, 0.25) is 0 Å². The van der Waals surface area contributed by atoms with E-state index in [1.54, 1.807) is 0 Å². The first-order valence-corrected chi connectivity index (χ1v) is 4.82. The molecule has 3 heteroatoms. The van der Waals surface area contributed by atoms with E-state index in [9.17, 15) is 4.79 Å². The highest BCUT2D eigenvalue weighted by Gasteiger charge is 2.08. The summed E-state index contributed by atoms with van der Waals surface area (Å²) in [5, 5.41) is 0. The van der Waals surface area contributed by atoms with Crippen molar-refractivity contribution in [3.8, 4) is 0 Å². The van der Waals surface area contributed by atoms with E-state index in [2.05, 4.69) is 32.1 Å². The Balaban J connectivity index is 3.22. The highest BCUT2D eigenvalue weighted by molar-refractivity contribution is 5.81. The fourth-order valence-corrected chi connectivity index (χ4v) is 0.922. The maximum absolute atomic E-state index is 10.6. The van der Waals surface area contributed by atoms with Gasteiger partial charge in [0, 0.05) is 6.08 Å². The van der Waals surface area contributed by atoms with Crippen LogP contribution in [0.15, 0.2) is 12.7 Å². The maximum atomic E-state index is 10.6. The average molecular weight is 200 g/mol. The van der Waals surface area contributed by atoms with Crippen molar-refractivity contribution in [3.63, 3.8) is 0 Å². The normalized spacial score (nSPS) is 11.1. The van der Waals surface area contributed by atoms with Crippen molar-refractivity contribution < 1.29 is 14.3 Å². The molecule has 0 fully saturated rings. The minimum absolute atomic E-state index is 0.0228. The number of rotatable bonds is 6. The molecule has 3 nitrogen and oxygen atoms in total. The van der Waals surface area contributed by atoms with Crippen LogP contribution < -0.4 is 0 Å². The lowest BCUT2D eigenvalue weighted by atomic mass is 9.91. The molecule has 0 radical (unpaired) electrons. The third kappa shape index (κ3) is 9.26. The summed E-state index contributed by atoms with van der Waals surface area (Å²) in [5.74, 6) is -0.444. The molecule has 0 aromatic carbocycles. The summed E-state index contributed by atoms with van der Waals surface area (Å²) >= 11 is 0.